The average molecular weight is 322 g/mol. The zero-order valence-electron chi connectivity index (χ0n) is 10.7. The van der Waals surface area contributed by atoms with Crippen LogP contribution in [-0.2, 0) is 6.42 Å². The molecule has 19 heavy (non-hydrogen) atoms. The van der Waals surface area contributed by atoms with Gasteiger partial charge in [0.2, 0.25) is 0 Å². The van der Waals surface area contributed by atoms with Crippen molar-refractivity contribution < 1.29 is 9.47 Å². The highest BCUT2D eigenvalue weighted by atomic mass is 79.9. The van der Waals surface area contributed by atoms with Crippen LogP contribution < -0.4 is 15.2 Å². The van der Waals surface area contributed by atoms with E-state index in [-0.39, 0.29) is 0 Å². The molecule has 0 radical (unpaired) electrons. The third-order valence-electron chi connectivity index (χ3n) is 2.75. The molecule has 0 amide bonds. The Kier molecular flexibility index (Phi) is 4.82. The summed E-state index contributed by atoms with van der Waals surface area (Å²) in [4.78, 5) is 0. The van der Waals surface area contributed by atoms with Crippen molar-refractivity contribution in [3.8, 4) is 17.2 Å². The van der Waals surface area contributed by atoms with Gasteiger partial charge in [-0.3, -0.25) is 0 Å². The fraction of sp³-hybridized carbons (Fsp3) is 0.200. The number of ether oxygens (including phenoxy) is 2. The first-order valence-electron chi connectivity index (χ1n) is 6.04. The molecule has 2 aromatic rings. The molecule has 0 atom stereocenters. The molecule has 0 aromatic heterocycles. The van der Waals surface area contributed by atoms with Crippen LogP contribution in [0.2, 0.25) is 0 Å². The molecule has 0 aliphatic carbocycles. The predicted octanol–water partition coefficient (Wildman–Crippen LogP) is 3.75. The summed E-state index contributed by atoms with van der Waals surface area (Å²) in [6.45, 7) is 0.601. The SMILES string of the molecule is COc1ccc(Oc2ccccc2CCN)c(Br)c1. The summed E-state index contributed by atoms with van der Waals surface area (Å²) >= 11 is 3.48. The lowest BCUT2D eigenvalue weighted by Crippen LogP contribution is -2.04. The monoisotopic (exact) mass is 321 g/mol. The summed E-state index contributed by atoms with van der Waals surface area (Å²) in [5.74, 6) is 2.37. The lowest BCUT2D eigenvalue weighted by molar-refractivity contribution is 0.412. The highest BCUT2D eigenvalue weighted by molar-refractivity contribution is 9.10. The van der Waals surface area contributed by atoms with E-state index in [1.807, 2.05) is 42.5 Å². The van der Waals surface area contributed by atoms with E-state index in [4.69, 9.17) is 15.2 Å². The van der Waals surface area contributed by atoms with Crippen LogP contribution >= 0.6 is 15.9 Å². The number of nitrogens with two attached hydrogens (primary N) is 1. The molecule has 0 aliphatic heterocycles. The van der Waals surface area contributed by atoms with Crippen LogP contribution in [0.4, 0.5) is 0 Å². The number of halogens is 1. The van der Waals surface area contributed by atoms with Crippen molar-refractivity contribution in [3.63, 3.8) is 0 Å². The van der Waals surface area contributed by atoms with Crippen LogP contribution in [-0.4, -0.2) is 13.7 Å². The Hall–Kier alpha value is -1.52. The maximum Gasteiger partial charge on any atom is 0.141 e. The molecule has 0 saturated heterocycles. The summed E-state index contributed by atoms with van der Waals surface area (Å²) in [6.07, 6.45) is 0.796. The normalized spacial score (nSPS) is 10.3. The molecule has 0 aliphatic rings. The van der Waals surface area contributed by atoms with Crippen LogP contribution in [0.15, 0.2) is 46.9 Å². The minimum atomic E-state index is 0.601. The van der Waals surface area contributed by atoms with Crippen LogP contribution in [0.1, 0.15) is 5.56 Å². The smallest absolute Gasteiger partial charge is 0.141 e. The molecular weight excluding hydrogens is 306 g/mol. The third kappa shape index (κ3) is 3.49. The van der Waals surface area contributed by atoms with Crippen molar-refractivity contribution in [3.05, 3.63) is 52.5 Å². The van der Waals surface area contributed by atoms with E-state index in [9.17, 15) is 0 Å². The van der Waals surface area contributed by atoms with Crippen molar-refractivity contribution in [1.82, 2.24) is 0 Å². The summed E-state index contributed by atoms with van der Waals surface area (Å²) in [6, 6.07) is 13.5. The Morgan fingerprint density at radius 2 is 1.89 bits per heavy atom. The van der Waals surface area contributed by atoms with Crippen molar-refractivity contribution in [2.45, 2.75) is 6.42 Å². The second kappa shape index (κ2) is 6.59. The molecule has 0 fully saturated rings. The Bertz CT molecular complexity index is 558. The standard InChI is InChI=1S/C15H16BrNO2/c1-18-12-6-7-15(13(16)10-12)19-14-5-3-2-4-11(14)8-9-17/h2-7,10H,8-9,17H2,1H3. The van der Waals surface area contributed by atoms with Crippen LogP contribution in [0.3, 0.4) is 0 Å². The predicted molar refractivity (Wildman–Crippen MR) is 80.0 cm³/mol. The molecule has 3 nitrogen and oxygen atoms in total. The number of para-hydroxylation sites is 1. The van der Waals surface area contributed by atoms with Crippen molar-refractivity contribution in [2.75, 3.05) is 13.7 Å². The van der Waals surface area contributed by atoms with E-state index >= 15 is 0 Å². The molecule has 100 valence electrons. The molecule has 2 N–H and O–H groups in total. The molecule has 2 aromatic carbocycles. The van der Waals surface area contributed by atoms with Gasteiger partial charge in [0.25, 0.3) is 0 Å². The molecule has 0 spiro atoms. The molecule has 0 saturated carbocycles. The Morgan fingerprint density at radius 1 is 1.11 bits per heavy atom. The van der Waals surface area contributed by atoms with E-state index in [1.54, 1.807) is 7.11 Å². The molecule has 2 rings (SSSR count). The zero-order chi connectivity index (χ0) is 13.7. The lowest BCUT2D eigenvalue weighted by Gasteiger charge is -2.12. The van der Waals surface area contributed by atoms with E-state index in [0.717, 1.165) is 33.7 Å². The first kappa shape index (κ1) is 13.9. The quantitative estimate of drug-likeness (QED) is 0.912. The van der Waals surface area contributed by atoms with Crippen molar-refractivity contribution in [2.24, 2.45) is 5.73 Å². The van der Waals surface area contributed by atoms with Gasteiger partial charge in [0.15, 0.2) is 0 Å². The van der Waals surface area contributed by atoms with Crippen LogP contribution in [0.25, 0.3) is 0 Å². The lowest BCUT2D eigenvalue weighted by atomic mass is 10.1. The topological polar surface area (TPSA) is 44.5 Å². The Balaban J connectivity index is 2.26. The van der Waals surface area contributed by atoms with Gasteiger partial charge in [-0.15, -0.1) is 0 Å². The molecule has 0 unspecified atom stereocenters. The largest absolute Gasteiger partial charge is 0.497 e. The molecule has 0 heterocycles. The summed E-state index contributed by atoms with van der Waals surface area (Å²) in [5.41, 5.74) is 6.71. The van der Waals surface area contributed by atoms with Gasteiger partial charge >= 0.3 is 0 Å². The van der Waals surface area contributed by atoms with E-state index in [1.165, 1.54) is 0 Å². The second-order valence-corrected chi connectivity index (χ2v) is 4.90. The number of methoxy groups -OCH3 is 1. The van der Waals surface area contributed by atoms with E-state index < -0.39 is 0 Å². The van der Waals surface area contributed by atoms with E-state index in [0.29, 0.717) is 6.54 Å². The van der Waals surface area contributed by atoms with Gasteiger partial charge in [-0.05, 0) is 58.7 Å². The average Bonchev–Trinajstić information content (AvgIpc) is 2.43. The van der Waals surface area contributed by atoms with Gasteiger partial charge in [0.1, 0.15) is 17.2 Å². The van der Waals surface area contributed by atoms with Crippen LogP contribution in [0, 0.1) is 0 Å². The fourth-order valence-corrected chi connectivity index (χ4v) is 2.21. The molecule has 0 bridgehead atoms. The first-order valence-corrected chi connectivity index (χ1v) is 6.83. The van der Waals surface area contributed by atoms with Gasteiger partial charge in [0, 0.05) is 0 Å². The second-order valence-electron chi connectivity index (χ2n) is 4.04. The van der Waals surface area contributed by atoms with Crippen molar-refractivity contribution >= 4 is 15.9 Å². The number of hydrogen-bond donors (Lipinski definition) is 1. The maximum atomic E-state index is 5.93. The van der Waals surface area contributed by atoms with Gasteiger partial charge in [-0.2, -0.15) is 0 Å². The third-order valence-corrected chi connectivity index (χ3v) is 3.36. The number of benzene rings is 2. The van der Waals surface area contributed by atoms with Gasteiger partial charge in [-0.25, -0.2) is 0 Å². The van der Waals surface area contributed by atoms with Crippen molar-refractivity contribution in [1.29, 1.82) is 0 Å². The summed E-state index contributed by atoms with van der Waals surface area (Å²) in [7, 11) is 1.64. The van der Waals surface area contributed by atoms with E-state index in [2.05, 4.69) is 15.9 Å². The minimum absolute atomic E-state index is 0.601. The fourth-order valence-electron chi connectivity index (χ4n) is 1.78. The summed E-state index contributed by atoms with van der Waals surface area (Å²) in [5, 5.41) is 0. The highest BCUT2D eigenvalue weighted by Crippen LogP contribution is 2.34. The maximum absolute atomic E-state index is 5.93. The van der Waals surface area contributed by atoms with Crippen LogP contribution in [0.5, 0.6) is 17.2 Å². The molecular formula is C15H16BrNO2. The first-order chi connectivity index (χ1) is 9.24. The minimum Gasteiger partial charge on any atom is -0.497 e. The van der Waals surface area contributed by atoms with Gasteiger partial charge in [-0.1, -0.05) is 18.2 Å². The number of rotatable bonds is 5. The number of hydrogen-bond acceptors (Lipinski definition) is 3. The Morgan fingerprint density at radius 3 is 2.58 bits per heavy atom. The Labute approximate surface area is 121 Å². The van der Waals surface area contributed by atoms with Gasteiger partial charge < -0.3 is 15.2 Å². The molecule has 4 heteroatoms. The highest BCUT2D eigenvalue weighted by Gasteiger charge is 2.07. The van der Waals surface area contributed by atoms with Gasteiger partial charge in [0.05, 0.1) is 11.6 Å². The summed E-state index contributed by atoms with van der Waals surface area (Å²) < 4.78 is 12.0. The zero-order valence-corrected chi connectivity index (χ0v) is 12.3.